The molecule has 1 amide bonds. The summed E-state index contributed by atoms with van der Waals surface area (Å²) in [4.78, 5) is 20.4. The maximum absolute atomic E-state index is 13.6. The molecule has 4 rings (SSSR count). The van der Waals surface area contributed by atoms with Crippen LogP contribution < -0.4 is 5.73 Å². The Hall–Kier alpha value is -1.66. The summed E-state index contributed by atoms with van der Waals surface area (Å²) in [5, 5.41) is 0.997. The minimum atomic E-state index is -0.647. The van der Waals surface area contributed by atoms with Gasteiger partial charge in [-0.1, -0.05) is 42.5 Å². The van der Waals surface area contributed by atoms with E-state index in [0.29, 0.717) is 13.0 Å². The SMILES string of the molecule is CC(Cc1nc2ccccc2s1)(C(=O)N1CCCC(N)C1)c1ccccc1.Cl.Cl. The minimum absolute atomic E-state index is 0. The van der Waals surface area contributed by atoms with Crippen LogP contribution in [0.25, 0.3) is 10.2 Å². The summed E-state index contributed by atoms with van der Waals surface area (Å²) in [7, 11) is 0. The van der Waals surface area contributed by atoms with Crippen LogP contribution in [0.5, 0.6) is 0 Å². The van der Waals surface area contributed by atoms with Gasteiger partial charge in [0.15, 0.2) is 0 Å². The number of nitrogens with two attached hydrogens (primary N) is 1. The summed E-state index contributed by atoms with van der Waals surface area (Å²) < 4.78 is 1.16. The molecule has 2 N–H and O–H groups in total. The van der Waals surface area contributed by atoms with Gasteiger partial charge < -0.3 is 10.6 Å². The van der Waals surface area contributed by atoms with Crippen molar-refractivity contribution in [3.05, 3.63) is 65.2 Å². The van der Waals surface area contributed by atoms with E-state index in [1.807, 2.05) is 41.3 Å². The van der Waals surface area contributed by atoms with E-state index in [9.17, 15) is 4.79 Å². The van der Waals surface area contributed by atoms with Gasteiger partial charge >= 0.3 is 0 Å². The Morgan fingerprint density at radius 1 is 1.17 bits per heavy atom. The molecule has 2 unspecified atom stereocenters. The van der Waals surface area contributed by atoms with Crippen LogP contribution in [0.2, 0.25) is 0 Å². The first-order valence-corrected chi connectivity index (χ1v) is 10.3. The molecule has 156 valence electrons. The number of amides is 1. The quantitative estimate of drug-likeness (QED) is 0.630. The van der Waals surface area contributed by atoms with Gasteiger partial charge in [-0.05, 0) is 37.5 Å². The predicted molar refractivity (Wildman–Crippen MR) is 125 cm³/mol. The van der Waals surface area contributed by atoms with E-state index >= 15 is 0 Å². The molecule has 1 fully saturated rings. The number of carbonyl (C=O) groups excluding carboxylic acids is 1. The predicted octanol–water partition coefficient (Wildman–Crippen LogP) is 4.59. The Morgan fingerprint density at radius 3 is 2.55 bits per heavy atom. The van der Waals surface area contributed by atoms with Crippen molar-refractivity contribution in [3.8, 4) is 0 Å². The molecule has 3 aromatic rings. The molecule has 2 aromatic carbocycles. The zero-order valence-electron chi connectivity index (χ0n) is 16.4. The molecule has 0 aliphatic carbocycles. The van der Waals surface area contributed by atoms with Crippen LogP contribution in [0.15, 0.2) is 54.6 Å². The number of hydrogen-bond acceptors (Lipinski definition) is 4. The van der Waals surface area contributed by atoms with Crippen LogP contribution in [0.1, 0.15) is 30.3 Å². The number of halogens is 2. The number of fused-ring (bicyclic) bond motifs is 1. The number of aromatic nitrogens is 1. The monoisotopic (exact) mass is 451 g/mol. The Balaban J connectivity index is 0.00000150. The Bertz CT molecular complexity index is 916. The van der Waals surface area contributed by atoms with Crippen molar-refractivity contribution in [3.63, 3.8) is 0 Å². The van der Waals surface area contributed by atoms with Crippen LogP contribution in [0.4, 0.5) is 0 Å². The van der Waals surface area contributed by atoms with Gasteiger partial charge in [0, 0.05) is 25.6 Å². The van der Waals surface area contributed by atoms with E-state index in [2.05, 4.69) is 25.1 Å². The lowest BCUT2D eigenvalue weighted by molar-refractivity contribution is -0.138. The summed E-state index contributed by atoms with van der Waals surface area (Å²) in [5.41, 5.74) is 7.53. The smallest absolute Gasteiger partial charge is 0.233 e. The number of likely N-dealkylation sites (tertiary alicyclic amines) is 1. The van der Waals surface area contributed by atoms with E-state index in [-0.39, 0.29) is 36.8 Å². The number of rotatable bonds is 4. The first kappa shape index (κ1) is 23.6. The molecule has 1 aliphatic rings. The Kier molecular flexibility index (Phi) is 8.06. The van der Waals surface area contributed by atoms with Gasteiger partial charge in [0.25, 0.3) is 0 Å². The average Bonchev–Trinajstić information content (AvgIpc) is 3.10. The van der Waals surface area contributed by atoms with Crippen molar-refractivity contribution in [1.82, 2.24) is 9.88 Å². The lowest BCUT2D eigenvalue weighted by Gasteiger charge is -2.38. The van der Waals surface area contributed by atoms with E-state index < -0.39 is 5.41 Å². The molecular formula is C22H27Cl2N3OS. The van der Waals surface area contributed by atoms with E-state index in [1.54, 1.807) is 11.3 Å². The minimum Gasteiger partial charge on any atom is -0.340 e. The van der Waals surface area contributed by atoms with E-state index in [0.717, 1.165) is 40.2 Å². The van der Waals surface area contributed by atoms with Gasteiger partial charge in [-0.15, -0.1) is 36.2 Å². The molecule has 2 heterocycles. The van der Waals surface area contributed by atoms with Crippen molar-refractivity contribution in [2.24, 2.45) is 5.73 Å². The first-order valence-electron chi connectivity index (χ1n) is 9.51. The average molecular weight is 452 g/mol. The Labute approximate surface area is 188 Å². The third-order valence-electron chi connectivity index (χ3n) is 5.47. The van der Waals surface area contributed by atoms with Gasteiger partial charge in [0.1, 0.15) is 0 Å². The normalized spacial score (nSPS) is 18.4. The van der Waals surface area contributed by atoms with Crippen LogP contribution in [0.3, 0.4) is 0 Å². The van der Waals surface area contributed by atoms with Crippen molar-refractivity contribution in [1.29, 1.82) is 0 Å². The molecule has 29 heavy (non-hydrogen) atoms. The molecule has 0 spiro atoms. The lowest BCUT2D eigenvalue weighted by Crippen LogP contribution is -2.52. The topological polar surface area (TPSA) is 59.2 Å². The third-order valence-corrected chi connectivity index (χ3v) is 6.51. The first-order chi connectivity index (χ1) is 13.1. The standard InChI is InChI=1S/C22H25N3OS.2ClH/c1-22(16-8-3-2-4-9-16,21(26)25-13-7-10-17(23)15-25)14-20-24-18-11-5-6-12-19(18)27-20;;/h2-6,8-9,11-12,17H,7,10,13-15,23H2,1H3;2*1H. The molecule has 0 radical (unpaired) electrons. The fourth-order valence-electron chi connectivity index (χ4n) is 3.95. The zero-order chi connectivity index (χ0) is 18.9. The number of nitrogens with zero attached hydrogens (tertiary/aromatic N) is 2. The van der Waals surface area contributed by atoms with Crippen LogP contribution in [-0.4, -0.2) is 34.9 Å². The molecule has 7 heteroatoms. The van der Waals surface area contributed by atoms with Crippen molar-refractivity contribution in [2.45, 2.75) is 37.6 Å². The lowest BCUT2D eigenvalue weighted by atomic mass is 9.78. The van der Waals surface area contributed by atoms with Crippen LogP contribution >= 0.6 is 36.2 Å². The van der Waals surface area contributed by atoms with Crippen molar-refractivity contribution < 1.29 is 4.79 Å². The van der Waals surface area contributed by atoms with Gasteiger partial charge in [-0.25, -0.2) is 4.98 Å². The van der Waals surface area contributed by atoms with Crippen LogP contribution in [-0.2, 0) is 16.6 Å². The zero-order valence-corrected chi connectivity index (χ0v) is 18.9. The summed E-state index contributed by atoms with van der Waals surface area (Å²) in [6.45, 7) is 3.48. The molecule has 0 bridgehead atoms. The highest BCUT2D eigenvalue weighted by Gasteiger charge is 2.40. The summed E-state index contributed by atoms with van der Waals surface area (Å²) in [5.74, 6) is 0.156. The third kappa shape index (κ3) is 4.92. The van der Waals surface area contributed by atoms with E-state index in [1.165, 1.54) is 0 Å². The number of benzene rings is 2. The van der Waals surface area contributed by atoms with Gasteiger partial charge in [0.2, 0.25) is 5.91 Å². The highest BCUT2D eigenvalue weighted by molar-refractivity contribution is 7.18. The van der Waals surface area contributed by atoms with Gasteiger partial charge in [-0.2, -0.15) is 0 Å². The second-order valence-corrected chi connectivity index (χ2v) is 8.72. The fourth-order valence-corrected chi connectivity index (χ4v) is 5.07. The number of piperidine rings is 1. The molecule has 1 saturated heterocycles. The summed E-state index contributed by atoms with van der Waals surface area (Å²) >= 11 is 1.68. The maximum atomic E-state index is 13.6. The fraction of sp³-hybridized carbons (Fsp3) is 0.364. The second kappa shape index (κ2) is 9.90. The van der Waals surface area contributed by atoms with E-state index in [4.69, 9.17) is 10.7 Å². The second-order valence-electron chi connectivity index (χ2n) is 7.60. The van der Waals surface area contributed by atoms with Crippen LogP contribution in [0, 0.1) is 0 Å². The summed E-state index contributed by atoms with van der Waals surface area (Å²) in [6, 6.07) is 18.3. The molecular weight excluding hydrogens is 425 g/mol. The largest absolute Gasteiger partial charge is 0.340 e. The Morgan fingerprint density at radius 2 is 1.86 bits per heavy atom. The number of hydrogen-bond donors (Lipinski definition) is 1. The number of para-hydroxylation sites is 1. The maximum Gasteiger partial charge on any atom is 0.233 e. The molecule has 1 aromatic heterocycles. The highest BCUT2D eigenvalue weighted by atomic mass is 35.5. The molecule has 0 saturated carbocycles. The van der Waals surface area contributed by atoms with Crippen molar-refractivity contribution in [2.75, 3.05) is 13.1 Å². The summed E-state index contributed by atoms with van der Waals surface area (Å²) in [6.07, 6.45) is 2.56. The molecule has 2 atom stereocenters. The number of thiazole rings is 1. The highest BCUT2D eigenvalue weighted by Crippen LogP contribution is 2.34. The molecule has 4 nitrogen and oxygen atoms in total. The van der Waals surface area contributed by atoms with Gasteiger partial charge in [-0.3, -0.25) is 4.79 Å². The van der Waals surface area contributed by atoms with Crippen molar-refractivity contribution >= 4 is 52.3 Å². The molecule has 1 aliphatic heterocycles. The van der Waals surface area contributed by atoms with Gasteiger partial charge in [0.05, 0.1) is 20.6 Å². The number of carbonyl (C=O) groups is 1.